The summed E-state index contributed by atoms with van der Waals surface area (Å²) in [6.45, 7) is -3.20. The third-order valence-electron chi connectivity index (χ3n) is 2.26. The molecule has 2 aromatic rings. The van der Waals surface area contributed by atoms with Gasteiger partial charge in [-0.15, -0.1) is 0 Å². The molecule has 0 saturated heterocycles. The van der Waals surface area contributed by atoms with Gasteiger partial charge >= 0.3 is 12.6 Å². The molecule has 1 aromatic carbocycles. The molecule has 0 saturated carbocycles. The standard InChI is InChI=1S/C11H7F3N2O3/c12-6-3-1-5(2-4-6)7-9(19-11(13)14)8(10(17)18)16-15-7/h1-4,11H,(H,15,16)(H,17,18). The van der Waals surface area contributed by atoms with Gasteiger partial charge in [0.1, 0.15) is 11.5 Å². The number of nitrogens with zero attached hydrogens (tertiary/aromatic N) is 1. The predicted octanol–water partition coefficient (Wildman–Crippen LogP) is 2.52. The molecular formula is C11H7F3N2O3. The number of alkyl halides is 2. The van der Waals surface area contributed by atoms with Crippen LogP contribution in [0.5, 0.6) is 5.75 Å². The summed E-state index contributed by atoms with van der Waals surface area (Å²) < 4.78 is 41.5. The van der Waals surface area contributed by atoms with Crippen LogP contribution in [-0.4, -0.2) is 27.9 Å². The highest BCUT2D eigenvalue weighted by molar-refractivity contribution is 5.91. The Morgan fingerprint density at radius 2 is 1.95 bits per heavy atom. The second kappa shape index (κ2) is 5.01. The largest absolute Gasteiger partial charge is 0.476 e. The SMILES string of the molecule is O=C(O)c1n[nH]c(-c2ccc(F)cc2)c1OC(F)F. The van der Waals surface area contributed by atoms with E-state index in [0.29, 0.717) is 0 Å². The van der Waals surface area contributed by atoms with Crippen LogP contribution in [0.25, 0.3) is 11.3 Å². The fraction of sp³-hybridized carbons (Fsp3) is 0.0909. The molecule has 0 aliphatic heterocycles. The summed E-state index contributed by atoms with van der Waals surface area (Å²) in [6.07, 6.45) is 0. The first-order valence-corrected chi connectivity index (χ1v) is 5.01. The highest BCUT2D eigenvalue weighted by atomic mass is 19.3. The molecule has 0 spiro atoms. The lowest BCUT2D eigenvalue weighted by molar-refractivity contribution is -0.0499. The van der Waals surface area contributed by atoms with Gasteiger partial charge in [0.05, 0.1) is 0 Å². The van der Waals surface area contributed by atoms with Crippen LogP contribution >= 0.6 is 0 Å². The Labute approximate surface area is 104 Å². The van der Waals surface area contributed by atoms with Crippen LogP contribution < -0.4 is 4.74 Å². The number of aromatic amines is 1. The summed E-state index contributed by atoms with van der Waals surface area (Å²) in [5.41, 5.74) is -0.450. The first-order chi connectivity index (χ1) is 8.99. The number of carboxylic acid groups (broad SMARTS) is 1. The molecule has 1 heterocycles. The molecule has 2 N–H and O–H groups in total. The van der Waals surface area contributed by atoms with E-state index in [1.807, 2.05) is 0 Å². The van der Waals surface area contributed by atoms with E-state index in [4.69, 9.17) is 5.11 Å². The minimum Gasteiger partial charge on any atom is -0.476 e. The third-order valence-corrected chi connectivity index (χ3v) is 2.26. The first kappa shape index (κ1) is 12.9. The van der Waals surface area contributed by atoms with Crippen LogP contribution in [0, 0.1) is 5.82 Å². The maximum atomic E-state index is 12.8. The van der Waals surface area contributed by atoms with E-state index in [-0.39, 0.29) is 11.3 Å². The fourth-order valence-electron chi connectivity index (χ4n) is 1.49. The van der Waals surface area contributed by atoms with Gasteiger partial charge < -0.3 is 9.84 Å². The smallest absolute Gasteiger partial charge is 0.387 e. The lowest BCUT2D eigenvalue weighted by Gasteiger charge is -2.06. The zero-order chi connectivity index (χ0) is 14.0. The number of ether oxygens (including phenoxy) is 1. The number of nitrogens with one attached hydrogen (secondary N) is 1. The average Bonchev–Trinajstić information content (AvgIpc) is 2.73. The number of hydrogen-bond acceptors (Lipinski definition) is 3. The van der Waals surface area contributed by atoms with E-state index in [1.165, 1.54) is 12.1 Å². The number of hydrogen-bond donors (Lipinski definition) is 2. The number of halogens is 3. The van der Waals surface area contributed by atoms with Gasteiger partial charge in [0.25, 0.3) is 0 Å². The summed E-state index contributed by atoms with van der Waals surface area (Å²) in [6, 6.07) is 4.77. The molecule has 100 valence electrons. The Hall–Kier alpha value is -2.51. The summed E-state index contributed by atoms with van der Waals surface area (Å²) in [7, 11) is 0. The Bertz CT molecular complexity index is 596. The molecule has 0 aliphatic carbocycles. The quantitative estimate of drug-likeness (QED) is 0.896. The van der Waals surface area contributed by atoms with Crippen LogP contribution in [0.2, 0.25) is 0 Å². The summed E-state index contributed by atoms with van der Waals surface area (Å²) in [5, 5.41) is 14.5. The lowest BCUT2D eigenvalue weighted by Crippen LogP contribution is -2.07. The van der Waals surface area contributed by atoms with Crippen molar-refractivity contribution in [1.29, 1.82) is 0 Å². The monoisotopic (exact) mass is 272 g/mol. The van der Waals surface area contributed by atoms with Gasteiger partial charge in [0.15, 0.2) is 5.75 Å². The molecule has 0 amide bonds. The fourth-order valence-corrected chi connectivity index (χ4v) is 1.49. The van der Waals surface area contributed by atoms with Crippen molar-refractivity contribution < 1.29 is 27.8 Å². The Morgan fingerprint density at radius 1 is 1.32 bits per heavy atom. The van der Waals surface area contributed by atoms with E-state index >= 15 is 0 Å². The van der Waals surface area contributed by atoms with Crippen LogP contribution in [0.1, 0.15) is 10.5 Å². The molecule has 2 rings (SSSR count). The molecule has 5 nitrogen and oxygen atoms in total. The third kappa shape index (κ3) is 2.67. The second-order valence-corrected chi connectivity index (χ2v) is 3.47. The van der Waals surface area contributed by atoms with Crippen molar-refractivity contribution >= 4 is 5.97 Å². The minimum absolute atomic E-state index is 0.0577. The summed E-state index contributed by atoms with van der Waals surface area (Å²) in [4.78, 5) is 10.8. The van der Waals surface area contributed by atoms with Crippen LogP contribution in [0.4, 0.5) is 13.2 Å². The number of aromatic nitrogens is 2. The number of H-pyrrole nitrogens is 1. The number of aromatic carboxylic acids is 1. The normalized spacial score (nSPS) is 10.7. The van der Waals surface area contributed by atoms with Gasteiger partial charge in [0.2, 0.25) is 5.69 Å². The van der Waals surface area contributed by atoms with E-state index in [0.717, 1.165) is 12.1 Å². The van der Waals surface area contributed by atoms with Gasteiger partial charge in [0, 0.05) is 5.56 Å². The minimum atomic E-state index is -3.20. The molecule has 0 bridgehead atoms. The molecule has 0 fully saturated rings. The van der Waals surface area contributed by atoms with Crippen molar-refractivity contribution in [2.24, 2.45) is 0 Å². The van der Waals surface area contributed by atoms with Gasteiger partial charge in [-0.3, -0.25) is 5.10 Å². The van der Waals surface area contributed by atoms with E-state index in [9.17, 15) is 18.0 Å². The Balaban J connectivity index is 2.50. The highest BCUT2D eigenvalue weighted by Gasteiger charge is 2.24. The number of carboxylic acids is 1. The number of benzene rings is 1. The molecule has 0 aliphatic rings. The van der Waals surface area contributed by atoms with Gasteiger partial charge in [-0.05, 0) is 24.3 Å². The van der Waals surface area contributed by atoms with E-state index in [2.05, 4.69) is 14.9 Å². The molecule has 1 aromatic heterocycles. The summed E-state index contributed by atoms with van der Waals surface area (Å²) in [5.74, 6) is -2.62. The topological polar surface area (TPSA) is 75.2 Å². The molecule has 0 radical (unpaired) electrons. The number of carbonyl (C=O) groups is 1. The number of rotatable bonds is 4. The van der Waals surface area contributed by atoms with Crippen LogP contribution in [-0.2, 0) is 0 Å². The van der Waals surface area contributed by atoms with Crippen LogP contribution in [0.3, 0.4) is 0 Å². The second-order valence-electron chi connectivity index (χ2n) is 3.47. The molecule has 0 atom stereocenters. The Morgan fingerprint density at radius 3 is 2.47 bits per heavy atom. The van der Waals surface area contributed by atoms with Gasteiger partial charge in [-0.2, -0.15) is 13.9 Å². The molecular weight excluding hydrogens is 265 g/mol. The lowest BCUT2D eigenvalue weighted by atomic mass is 10.1. The van der Waals surface area contributed by atoms with Crippen molar-refractivity contribution in [1.82, 2.24) is 10.2 Å². The highest BCUT2D eigenvalue weighted by Crippen LogP contribution is 2.32. The zero-order valence-electron chi connectivity index (χ0n) is 9.23. The molecule has 0 unspecified atom stereocenters. The molecule has 8 heteroatoms. The van der Waals surface area contributed by atoms with Crippen molar-refractivity contribution in [3.05, 3.63) is 35.8 Å². The van der Waals surface area contributed by atoms with Crippen molar-refractivity contribution in [2.75, 3.05) is 0 Å². The van der Waals surface area contributed by atoms with Gasteiger partial charge in [-0.25, -0.2) is 9.18 Å². The zero-order valence-corrected chi connectivity index (χ0v) is 9.23. The van der Waals surface area contributed by atoms with Gasteiger partial charge in [-0.1, -0.05) is 0 Å². The maximum Gasteiger partial charge on any atom is 0.387 e. The predicted molar refractivity (Wildman–Crippen MR) is 57.6 cm³/mol. The summed E-state index contributed by atoms with van der Waals surface area (Å²) >= 11 is 0. The maximum absolute atomic E-state index is 12.8. The first-order valence-electron chi connectivity index (χ1n) is 5.01. The average molecular weight is 272 g/mol. The van der Waals surface area contributed by atoms with Crippen molar-refractivity contribution in [3.63, 3.8) is 0 Å². The van der Waals surface area contributed by atoms with E-state index in [1.54, 1.807) is 0 Å². The van der Waals surface area contributed by atoms with Crippen molar-refractivity contribution in [2.45, 2.75) is 6.61 Å². The molecule has 19 heavy (non-hydrogen) atoms. The van der Waals surface area contributed by atoms with Crippen LogP contribution in [0.15, 0.2) is 24.3 Å². The van der Waals surface area contributed by atoms with E-state index < -0.39 is 29.8 Å². The van der Waals surface area contributed by atoms with Crippen molar-refractivity contribution in [3.8, 4) is 17.0 Å². The Kier molecular flexibility index (Phi) is 3.41.